The highest BCUT2D eigenvalue weighted by molar-refractivity contribution is 7.92. The van der Waals surface area contributed by atoms with Gasteiger partial charge in [-0.25, -0.2) is 8.42 Å². The van der Waals surface area contributed by atoms with Crippen LogP contribution in [0.25, 0.3) is 0 Å². The van der Waals surface area contributed by atoms with Gasteiger partial charge < -0.3 is 10.6 Å². The molecule has 0 spiro atoms. The molecule has 0 atom stereocenters. The van der Waals surface area contributed by atoms with Gasteiger partial charge in [0.1, 0.15) is 6.54 Å². The van der Waals surface area contributed by atoms with Crippen LogP contribution >= 0.6 is 23.2 Å². The van der Waals surface area contributed by atoms with E-state index in [-0.39, 0.29) is 32.9 Å². The number of nitrogens with one attached hydrogen (secondary N) is 2. The Bertz CT molecular complexity index is 1010. The summed E-state index contributed by atoms with van der Waals surface area (Å²) in [5.74, 6) is -0.970. The fraction of sp³-hybridized carbons (Fsp3) is 0.263. The van der Waals surface area contributed by atoms with Crippen molar-refractivity contribution in [3.8, 4) is 0 Å². The molecule has 2 aromatic rings. The van der Waals surface area contributed by atoms with E-state index in [0.29, 0.717) is 6.54 Å². The van der Waals surface area contributed by atoms with E-state index in [0.717, 1.165) is 17.0 Å². The number of hydrogen-bond donors (Lipinski definition) is 2. The van der Waals surface area contributed by atoms with E-state index in [2.05, 4.69) is 10.6 Å². The maximum Gasteiger partial charge on any atom is 0.253 e. The van der Waals surface area contributed by atoms with Gasteiger partial charge in [0.2, 0.25) is 15.9 Å². The maximum absolute atomic E-state index is 12.6. The number of anilines is 2. The number of amides is 2. The first-order valence-corrected chi connectivity index (χ1v) is 11.3. The average Bonchev–Trinajstić information content (AvgIpc) is 2.66. The van der Waals surface area contributed by atoms with Crippen molar-refractivity contribution >= 4 is 56.4 Å². The van der Waals surface area contributed by atoms with Crippen LogP contribution in [0.2, 0.25) is 10.0 Å². The lowest BCUT2D eigenvalue weighted by molar-refractivity contribution is -0.114. The first kappa shape index (κ1) is 23.0. The Morgan fingerprint density at radius 3 is 2.41 bits per heavy atom. The van der Waals surface area contributed by atoms with Gasteiger partial charge in [-0.3, -0.25) is 13.9 Å². The molecule has 29 heavy (non-hydrogen) atoms. The predicted molar refractivity (Wildman–Crippen MR) is 116 cm³/mol. The molecule has 0 aliphatic carbocycles. The van der Waals surface area contributed by atoms with E-state index < -0.39 is 22.5 Å². The molecule has 0 radical (unpaired) electrons. The van der Waals surface area contributed by atoms with Crippen LogP contribution in [0.1, 0.15) is 23.7 Å². The fourth-order valence-corrected chi connectivity index (χ4v) is 3.82. The molecule has 0 heterocycles. The largest absolute Gasteiger partial charge is 0.352 e. The second-order valence-electron chi connectivity index (χ2n) is 6.19. The minimum Gasteiger partial charge on any atom is -0.352 e. The standard InChI is InChI=1S/C19H21Cl2N3O4S/c1-3-11-22-19(26)13-7-4-5-9-15(13)23-17(25)12-24(29(2,27)28)16-10-6-8-14(20)18(16)21/h4-10H,3,11-12H2,1-2H3,(H,22,26)(H,23,25). The van der Waals surface area contributed by atoms with Gasteiger partial charge in [0.05, 0.1) is 33.2 Å². The van der Waals surface area contributed by atoms with E-state index in [4.69, 9.17) is 23.2 Å². The smallest absolute Gasteiger partial charge is 0.253 e. The summed E-state index contributed by atoms with van der Waals surface area (Å²) in [5, 5.41) is 5.51. The van der Waals surface area contributed by atoms with Gasteiger partial charge in [-0.05, 0) is 30.7 Å². The van der Waals surface area contributed by atoms with Crippen LogP contribution in [0.3, 0.4) is 0 Å². The fourth-order valence-electron chi connectivity index (χ4n) is 2.51. The Morgan fingerprint density at radius 2 is 1.76 bits per heavy atom. The van der Waals surface area contributed by atoms with Crippen LogP contribution < -0.4 is 14.9 Å². The van der Waals surface area contributed by atoms with Crippen LogP contribution in [0.15, 0.2) is 42.5 Å². The van der Waals surface area contributed by atoms with Crippen molar-refractivity contribution in [2.45, 2.75) is 13.3 Å². The minimum absolute atomic E-state index is 0.0201. The second-order valence-corrected chi connectivity index (χ2v) is 8.88. The lowest BCUT2D eigenvalue weighted by Crippen LogP contribution is -2.38. The van der Waals surface area contributed by atoms with E-state index in [9.17, 15) is 18.0 Å². The molecular formula is C19H21Cl2N3O4S. The van der Waals surface area contributed by atoms with Crippen molar-refractivity contribution in [3.05, 3.63) is 58.1 Å². The molecular weight excluding hydrogens is 437 g/mol. The van der Waals surface area contributed by atoms with Crippen molar-refractivity contribution < 1.29 is 18.0 Å². The van der Waals surface area contributed by atoms with Gasteiger partial charge in [-0.2, -0.15) is 0 Å². The van der Waals surface area contributed by atoms with Crippen LogP contribution in [-0.4, -0.2) is 39.6 Å². The van der Waals surface area contributed by atoms with E-state index in [1.54, 1.807) is 24.3 Å². The van der Waals surface area contributed by atoms with Gasteiger partial charge in [-0.15, -0.1) is 0 Å². The molecule has 10 heteroatoms. The van der Waals surface area contributed by atoms with E-state index in [1.165, 1.54) is 18.2 Å². The quantitative estimate of drug-likeness (QED) is 0.633. The molecule has 7 nitrogen and oxygen atoms in total. The summed E-state index contributed by atoms with van der Waals surface area (Å²) in [5.41, 5.74) is 0.642. The zero-order chi connectivity index (χ0) is 21.6. The second kappa shape index (κ2) is 9.96. The van der Waals surface area contributed by atoms with Gasteiger partial charge in [0, 0.05) is 6.54 Å². The maximum atomic E-state index is 12.6. The normalized spacial score (nSPS) is 11.0. The Kier molecular flexibility index (Phi) is 7.89. The van der Waals surface area contributed by atoms with Gasteiger partial charge in [-0.1, -0.05) is 48.3 Å². The highest BCUT2D eigenvalue weighted by Crippen LogP contribution is 2.33. The lowest BCUT2D eigenvalue weighted by Gasteiger charge is -2.23. The van der Waals surface area contributed by atoms with Crippen LogP contribution in [0, 0.1) is 0 Å². The third-order valence-corrected chi connectivity index (χ3v) is 5.80. The third-order valence-electron chi connectivity index (χ3n) is 3.87. The minimum atomic E-state index is -3.83. The number of halogens is 2. The highest BCUT2D eigenvalue weighted by Gasteiger charge is 2.24. The van der Waals surface area contributed by atoms with Crippen LogP contribution in [0.4, 0.5) is 11.4 Å². The molecule has 0 saturated carbocycles. The molecule has 2 N–H and O–H groups in total. The molecule has 0 aliphatic heterocycles. The molecule has 156 valence electrons. The van der Waals surface area contributed by atoms with Gasteiger partial charge in [0.25, 0.3) is 5.91 Å². The van der Waals surface area contributed by atoms with Crippen molar-refractivity contribution in [2.75, 3.05) is 29.0 Å². The van der Waals surface area contributed by atoms with Crippen LogP contribution in [-0.2, 0) is 14.8 Å². The molecule has 2 rings (SSSR count). The van der Waals surface area contributed by atoms with Crippen molar-refractivity contribution in [1.29, 1.82) is 0 Å². The third kappa shape index (κ3) is 6.09. The van der Waals surface area contributed by atoms with Crippen molar-refractivity contribution in [3.63, 3.8) is 0 Å². The molecule has 0 unspecified atom stereocenters. The highest BCUT2D eigenvalue weighted by atomic mass is 35.5. The van der Waals surface area contributed by atoms with Crippen LogP contribution in [0.5, 0.6) is 0 Å². The summed E-state index contributed by atoms with van der Waals surface area (Å²) < 4.78 is 25.4. The number of nitrogens with zero attached hydrogens (tertiary/aromatic N) is 1. The molecule has 0 aromatic heterocycles. The Hall–Kier alpha value is -2.29. The summed E-state index contributed by atoms with van der Waals surface area (Å²) in [7, 11) is -3.83. The topological polar surface area (TPSA) is 95.6 Å². The first-order chi connectivity index (χ1) is 13.6. The molecule has 0 aliphatic rings. The monoisotopic (exact) mass is 457 g/mol. The summed E-state index contributed by atoms with van der Waals surface area (Å²) in [6.45, 7) is 1.88. The van der Waals surface area contributed by atoms with E-state index >= 15 is 0 Å². The molecule has 0 saturated heterocycles. The summed E-state index contributed by atoms with van der Waals surface area (Å²) in [6, 6.07) is 11.0. The summed E-state index contributed by atoms with van der Waals surface area (Å²) >= 11 is 12.1. The summed E-state index contributed by atoms with van der Waals surface area (Å²) in [6.07, 6.45) is 1.73. The number of sulfonamides is 1. The first-order valence-electron chi connectivity index (χ1n) is 8.74. The molecule has 0 fully saturated rings. The number of carbonyl (C=O) groups is 2. The van der Waals surface area contributed by atoms with Crippen molar-refractivity contribution in [2.24, 2.45) is 0 Å². The average molecular weight is 458 g/mol. The molecule has 2 amide bonds. The predicted octanol–water partition coefficient (Wildman–Crippen LogP) is 3.54. The summed E-state index contributed by atoms with van der Waals surface area (Å²) in [4.78, 5) is 24.9. The lowest BCUT2D eigenvalue weighted by atomic mass is 10.1. The Balaban J connectivity index is 2.27. The SMILES string of the molecule is CCCNC(=O)c1ccccc1NC(=O)CN(c1cccc(Cl)c1Cl)S(C)(=O)=O. The number of para-hydroxylation sites is 1. The number of rotatable bonds is 8. The Morgan fingerprint density at radius 1 is 1.07 bits per heavy atom. The Labute approximate surface area is 180 Å². The van der Waals surface area contributed by atoms with Crippen molar-refractivity contribution in [1.82, 2.24) is 5.32 Å². The number of hydrogen-bond acceptors (Lipinski definition) is 4. The van der Waals surface area contributed by atoms with E-state index in [1.807, 2.05) is 6.92 Å². The molecule has 2 aromatic carbocycles. The van der Waals surface area contributed by atoms with Gasteiger partial charge in [0.15, 0.2) is 0 Å². The zero-order valence-electron chi connectivity index (χ0n) is 15.9. The zero-order valence-corrected chi connectivity index (χ0v) is 18.2. The molecule has 0 bridgehead atoms. The number of benzene rings is 2. The van der Waals surface area contributed by atoms with Gasteiger partial charge >= 0.3 is 0 Å². The number of carbonyl (C=O) groups excluding carboxylic acids is 2.